The van der Waals surface area contributed by atoms with Crippen LogP contribution in [-0.2, 0) is 9.84 Å². The van der Waals surface area contributed by atoms with Crippen LogP contribution in [0.5, 0.6) is 0 Å². The van der Waals surface area contributed by atoms with Gasteiger partial charge in [0, 0.05) is 5.54 Å². The van der Waals surface area contributed by atoms with Gasteiger partial charge in [0.25, 0.3) is 0 Å². The third kappa shape index (κ3) is 2.21. The molecule has 1 fully saturated rings. The summed E-state index contributed by atoms with van der Waals surface area (Å²) in [7, 11) is -2.93. The van der Waals surface area contributed by atoms with E-state index in [4.69, 9.17) is 5.73 Å². The van der Waals surface area contributed by atoms with E-state index in [-0.39, 0.29) is 24.3 Å². The molecule has 0 radical (unpaired) electrons. The molecular weight excluding hydrogens is 190 g/mol. The van der Waals surface area contributed by atoms with Crippen molar-refractivity contribution in [2.45, 2.75) is 37.8 Å². The van der Waals surface area contributed by atoms with Gasteiger partial charge in [0.1, 0.15) is 0 Å². The minimum Gasteiger partial charge on any atom is -0.388 e. The lowest BCUT2D eigenvalue weighted by atomic mass is 9.79. The van der Waals surface area contributed by atoms with Crippen LogP contribution in [0.3, 0.4) is 0 Å². The summed E-state index contributed by atoms with van der Waals surface area (Å²) in [5.41, 5.74) is 4.03. The summed E-state index contributed by atoms with van der Waals surface area (Å²) >= 11 is 0. The van der Waals surface area contributed by atoms with E-state index in [2.05, 4.69) is 0 Å². The highest BCUT2D eigenvalue weighted by Crippen LogP contribution is 2.31. The van der Waals surface area contributed by atoms with E-state index in [1.807, 2.05) is 0 Å². The number of hydrogen-bond donors (Lipinski definition) is 2. The standard InChI is InChI=1S/C8H17NO3S/c1-7(2,9)8(10)3-5-13(11,12)6-4-8/h10H,3-6,9H2,1-2H3. The largest absolute Gasteiger partial charge is 0.388 e. The Morgan fingerprint density at radius 1 is 1.31 bits per heavy atom. The van der Waals surface area contributed by atoms with E-state index in [9.17, 15) is 13.5 Å². The molecule has 0 unspecified atom stereocenters. The molecule has 1 aliphatic rings. The molecule has 1 saturated heterocycles. The predicted octanol–water partition coefficient (Wildman–Crippen LogP) is -0.337. The maximum Gasteiger partial charge on any atom is 0.150 e. The molecule has 0 aromatic heterocycles. The molecule has 4 nitrogen and oxygen atoms in total. The molecule has 0 amide bonds. The lowest BCUT2D eigenvalue weighted by molar-refractivity contribution is -0.0296. The fourth-order valence-corrected chi connectivity index (χ4v) is 3.02. The number of rotatable bonds is 1. The van der Waals surface area contributed by atoms with Crippen LogP contribution in [0, 0.1) is 0 Å². The van der Waals surface area contributed by atoms with Gasteiger partial charge in [-0.25, -0.2) is 8.42 Å². The zero-order valence-corrected chi connectivity index (χ0v) is 8.89. The van der Waals surface area contributed by atoms with E-state index >= 15 is 0 Å². The normalized spacial score (nSPS) is 27.1. The second-order valence-electron chi connectivity index (χ2n) is 4.41. The quantitative estimate of drug-likeness (QED) is 0.616. The number of sulfone groups is 1. The molecule has 5 heteroatoms. The Labute approximate surface area is 79.0 Å². The van der Waals surface area contributed by atoms with E-state index in [0.717, 1.165) is 0 Å². The Morgan fingerprint density at radius 2 is 1.69 bits per heavy atom. The molecule has 0 saturated carbocycles. The van der Waals surface area contributed by atoms with Gasteiger partial charge in [-0.3, -0.25) is 0 Å². The molecule has 78 valence electrons. The smallest absolute Gasteiger partial charge is 0.150 e. The van der Waals surface area contributed by atoms with E-state index in [1.54, 1.807) is 13.8 Å². The van der Waals surface area contributed by atoms with Crippen molar-refractivity contribution in [3.05, 3.63) is 0 Å². The highest BCUT2D eigenvalue weighted by Gasteiger charge is 2.44. The molecule has 3 N–H and O–H groups in total. The van der Waals surface area contributed by atoms with Crippen molar-refractivity contribution < 1.29 is 13.5 Å². The molecule has 0 spiro atoms. The molecule has 13 heavy (non-hydrogen) atoms. The van der Waals surface area contributed by atoms with Gasteiger partial charge in [0.15, 0.2) is 9.84 Å². The zero-order chi connectivity index (χ0) is 10.3. The fourth-order valence-electron chi connectivity index (χ4n) is 1.52. The van der Waals surface area contributed by atoms with Gasteiger partial charge in [0.2, 0.25) is 0 Å². The number of hydrogen-bond acceptors (Lipinski definition) is 4. The van der Waals surface area contributed by atoms with Crippen molar-refractivity contribution in [1.29, 1.82) is 0 Å². The summed E-state index contributed by atoms with van der Waals surface area (Å²) in [4.78, 5) is 0. The van der Waals surface area contributed by atoms with Gasteiger partial charge >= 0.3 is 0 Å². The van der Waals surface area contributed by atoms with Crippen LogP contribution >= 0.6 is 0 Å². The highest BCUT2D eigenvalue weighted by atomic mass is 32.2. The van der Waals surface area contributed by atoms with Gasteiger partial charge < -0.3 is 10.8 Å². The number of nitrogens with two attached hydrogens (primary N) is 1. The SMILES string of the molecule is CC(C)(N)C1(O)CCS(=O)(=O)CC1. The summed E-state index contributed by atoms with van der Waals surface area (Å²) in [6.45, 7) is 3.45. The lowest BCUT2D eigenvalue weighted by Crippen LogP contribution is -2.59. The summed E-state index contributed by atoms with van der Waals surface area (Å²) in [6, 6.07) is 0. The molecule has 1 heterocycles. The second kappa shape index (κ2) is 2.93. The van der Waals surface area contributed by atoms with Gasteiger partial charge in [0.05, 0.1) is 17.1 Å². The zero-order valence-electron chi connectivity index (χ0n) is 8.08. The Morgan fingerprint density at radius 3 is 2.00 bits per heavy atom. The molecule has 0 aromatic carbocycles. The Balaban J connectivity index is 2.79. The van der Waals surface area contributed by atoms with Crippen LogP contribution < -0.4 is 5.73 Å². The van der Waals surface area contributed by atoms with Gasteiger partial charge in [-0.2, -0.15) is 0 Å². The van der Waals surface area contributed by atoms with Gasteiger partial charge in [-0.15, -0.1) is 0 Å². The average molecular weight is 207 g/mol. The van der Waals surface area contributed by atoms with Gasteiger partial charge in [-0.05, 0) is 26.7 Å². The van der Waals surface area contributed by atoms with Crippen LogP contribution in [0.15, 0.2) is 0 Å². The van der Waals surface area contributed by atoms with Crippen molar-refractivity contribution in [3.63, 3.8) is 0 Å². The average Bonchev–Trinajstić information content (AvgIpc) is 1.94. The lowest BCUT2D eigenvalue weighted by Gasteiger charge is -2.42. The van der Waals surface area contributed by atoms with Crippen LogP contribution in [0.25, 0.3) is 0 Å². The molecule has 1 rings (SSSR count). The number of aliphatic hydroxyl groups is 1. The summed E-state index contributed by atoms with van der Waals surface area (Å²) < 4.78 is 22.2. The van der Waals surface area contributed by atoms with Crippen LogP contribution in [0.4, 0.5) is 0 Å². The maximum absolute atomic E-state index is 11.1. The van der Waals surface area contributed by atoms with Crippen molar-refractivity contribution in [1.82, 2.24) is 0 Å². The van der Waals surface area contributed by atoms with Crippen LogP contribution in [0.2, 0.25) is 0 Å². The molecule has 0 aliphatic carbocycles. The molecule has 1 aliphatic heterocycles. The van der Waals surface area contributed by atoms with Crippen LogP contribution in [-0.4, -0.2) is 36.2 Å². The third-order valence-electron chi connectivity index (χ3n) is 2.85. The second-order valence-corrected chi connectivity index (χ2v) is 6.71. The summed E-state index contributed by atoms with van der Waals surface area (Å²) in [5, 5.41) is 10.1. The predicted molar refractivity (Wildman–Crippen MR) is 51.1 cm³/mol. The first kappa shape index (κ1) is 10.9. The minimum atomic E-state index is -2.93. The van der Waals surface area contributed by atoms with Crippen LogP contribution in [0.1, 0.15) is 26.7 Å². The van der Waals surface area contributed by atoms with Crippen molar-refractivity contribution in [2.24, 2.45) is 5.73 Å². The van der Waals surface area contributed by atoms with E-state index in [0.29, 0.717) is 0 Å². The van der Waals surface area contributed by atoms with Crippen molar-refractivity contribution >= 4 is 9.84 Å². The molecular formula is C8H17NO3S. The Bertz CT molecular complexity index is 275. The van der Waals surface area contributed by atoms with Crippen molar-refractivity contribution in [3.8, 4) is 0 Å². The van der Waals surface area contributed by atoms with E-state index in [1.165, 1.54) is 0 Å². The summed E-state index contributed by atoms with van der Waals surface area (Å²) in [6.07, 6.45) is 0.498. The molecule has 0 atom stereocenters. The first-order valence-electron chi connectivity index (χ1n) is 4.38. The van der Waals surface area contributed by atoms with Gasteiger partial charge in [-0.1, -0.05) is 0 Å². The fraction of sp³-hybridized carbons (Fsp3) is 1.00. The molecule has 0 bridgehead atoms. The van der Waals surface area contributed by atoms with Crippen molar-refractivity contribution in [2.75, 3.05) is 11.5 Å². The molecule has 0 aromatic rings. The first-order chi connectivity index (χ1) is 5.66. The van der Waals surface area contributed by atoms with E-state index < -0.39 is 21.0 Å². The summed E-state index contributed by atoms with van der Waals surface area (Å²) in [5.74, 6) is 0.0915. The monoisotopic (exact) mass is 207 g/mol. The highest BCUT2D eigenvalue weighted by molar-refractivity contribution is 7.91. The topological polar surface area (TPSA) is 80.4 Å². The Kier molecular flexibility index (Phi) is 2.47. The first-order valence-corrected chi connectivity index (χ1v) is 6.20. The minimum absolute atomic E-state index is 0.0458. The Hall–Kier alpha value is -0.130. The maximum atomic E-state index is 11.1. The third-order valence-corrected chi connectivity index (χ3v) is 4.50.